The maximum absolute atomic E-state index is 13.4. The van der Waals surface area contributed by atoms with E-state index in [9.17, 15) is 9.59 Å². The van der Waals surface area contributed by atoms with E-state index >= 15 is 0 Å². The molecule has 168 valence electrons. The third-order valence-corrected chi connectivity index (χ3v) is 7.88. The molecule has 2 amide bonds. The van der Waals surface area contributed by atoms with Gasteiger partial charge in [0.05, 0.1) is 5.03 Å². The van der Waals surface area contributed by atoms with Gasteiger partial charge in [-0.2, -0.15) is 0 Å². The first kappa shape index (κ1) is 25.1. The van der Waals surface area contributed by atoms with Gasteiger partial charge in [-0.1, -0.05) is 55.7 Å². The minimum Gasteiger partial charge on any atom is -0.383 e. The summed E-state index contributed by atoms with van der Waals surface area (Å²) in [7, 11) is 1.85. The zero-order valence-electron chi connectivity index (χ0n) is 19.2. The highest BCUT2D eigenvalue weighted by atomic mass is 32.2. The summed E-state index contributed by atoms with van der Waals surface area (Å²) < 4.78 is 1.10. The van der Waals surface area contributed by atoms with Crippen molar-refractivity contribution in [3.63, 3.8) is 0 Å². The van der Waals surface area contributed by atoms with Crippen molar-refractivity contribution in [1.82, 2.24) is 15.1 Å². The van der Waals surface area contributed by atoms with Gasteiger partial charge in [-0.05, 0) is 50.5 Å². The summed E-state index contributed by atoms with van der Waals surface area (Å²) >= 11 is 3.23. The van der Waals surface area contributed by atoms with Crippen LogP contribution >= 0.6 is 23.5 Å². The van der Waals surface area contributed by atoms with Crippen LogP contribution in [0.3, 0.4) is 0 Å². The van der Waals surface area contributed by atoms with Crippen LogP contribution in [0.5, 0.6) is 0 Å². The minimum atomic E-state index is -0.0660. The predicted octanol–water partition coefficient (Wildman–Crippen LogP) is 4.93. The number of aryl methyl sites for hydroxylation is 2. The van der Waals surface area contributed by atoms with Gasteiger partial charge >= 0.3 is 0 Å². The SMILES string of the molecule is C=CC(=O)N1CCN(C(=O)c2cc(S/C(=C/C)SC(=C)NC)c(C)cc2C)C[C@H]1CC. The normalized spacial score (nSPS) is 16.8. The average Bonchev–Trinajstić information content (AvgIpc) is 2.78. The van der Waals surface area contributed by atoms with E-state index in [1.807, 2.05) is 43.7 Å². The Kier molecular flexibility index (Phi) is 9.32. The Balaban J connectivity index is 2.25. The largest absolute Gasteiger partial charge is 0.383 e. The maximum atomic E-state index is 13.4. The number of thioether (sulfide) groups is 2. The van der Waals surface area contributed by atoms with Crippen LogP contribution in [-0.2, 0) is 4.79 Å². The molecular weight excluding hydrogens is 426 g/mol. The monoisotopic (exact) mass is 459 g/mol. The molecule has 1 atom stereocenters. The summed E-state index contributed by atoms with van der Waals surface area (Å²) in [6.45, 7) is 17.3. The fourth-order valence-electron chi connectivity index (χ4n) is 3.56. The van der Waals surface area contributed by atoms with Crippen LogP contribution in [-0.4, -0.2) is 54.3 Å². The van der Waals surface area contributed by atoms with Crippen LogP contribution < -0.4 is 5.32 Å². The van der Waals surface area contributed by atoms with Gasteiger partial charge in [0.25, 0.3) is 5.91 Å². The second-order valence-electron chi connectivity index (χ2n) is 7.47. The Morgan fingerprint density at radius 2 is 1.97 bits per heavy atom. The zero-order valence-corrected chi connectivity index (χ0v) is 20.8. The maximum Gasteiger partial charge on any atom is 0.254 e. The van der Waals surface area contributed by atoms with E-state index in [2.05, 4.69) is 37.5 Å². The number of nitrogens with one attached hydrogen (secondary N) is 1. The molecule has 2 rings (SSSR count). The molecule has 5 nitrogen and oxygen atoms in total. The summed E-state index contributed by atoms with van der Waals surface area (Å²) in [5.74, 6) is -0.0403. The van der Waals surface area contributed by atoms with Gasteiger partial charge < -0.3 is 15.1 Å². The summed E-state index contributed by atoms with van der Waals surface area (Å²) in [6, 6.07) is 4.10. The molecule has 1 aliphatic heterocycles. The molecule has 0 radical (unpaired) electrons. The molecule has 0 aliphatic carbocycles. The summed E-state index contributed by atoms with van der Waals surface area (Å²) in [5, 5.41) is 3.93. The van der Waals surface area contributed by atoms with E-state index < -0.39 is 0 Å². The number of allylic oxidation sites excluding steroid dienone is 1. The molecule has 0 unspecified atom stereocenters. The van der Waals surface area contributed by atoms with Crippen LogP contribution in [0, 0.1) is 13.8 Å². The van der Waals surface area contributed by atoms with Gasteiger partial charge in [-0.15, -0.1) is 0 Å². The fourth-order valence-corrected chi connectivity index (χ4v) is 5.49. The highest BCUT2D eigenvalue weighted by Gasteiger charge is 2.31. The van der Waals surface area contributed by atoms with E-state index in [0.717, 1.165) is 37.3 Å². The van der Waals surface area contributed by atoms with Crippen molar-refractivity contribution < 1.29 is 9.59 Å². The Labute approximate surface area is 195 Å². The molecule has 7 heteroatoms. The van der Waals surface area contributed by atoms with Crippen LogP contribution in [0.4, 0.5) is 0 Å². The zero-order chi connectivity index (χ0) is 23.1. The van der Waals surface area contributed by atoms with Crippen LogP contribution in [0.15, 0.2) is 51.6 Å². The fraction of sp³-hybridized carbons (Fsp3) is 0.417. The number of hydrogen-bond acceptors (Lipinski definition) is 5. The number of carbonyl (C=O) groups is 2. The molecular formula is C24H33N3O2S2. The number of carbonyl (C=O) groups excluding carboxylic acids is 2. The highest BCUT2D eigenvalue weighted by molar-refractivity contribution is 8.24. The van der Waals surface area contributed by atoms with Gasteiger partial charge in [-0.25, -0.2) is 0 Å². The molecule has 1 aliphatic rings. The lowest BCUT2D eigenvalue weighted by Gasteiger charge is -2.41. The molecule has 1 N–H and O–H groups in total. The van der Waals surface area contributed by atoms with Crippen molar-refractivity contribution in [2.75, 3.05) is 26.7 Å². The smallest absolute Gasteiger partial charge is 0.254 e. The molecule has 31 heavy (non-hydrogen) atoms. The lowest BCUT2D eigenvalue weighted by atomic mass is 10.0. The van der Waals surface area contributed by atoms with Gasteiger partial charge in [0, 0.05) is 47.4 Å². The first-order valence-corrected chi connectivity index (χ1v) is 12.1. The number of amides is 2. The molecule has 1 saturated heterocycles. The number of piperazine rings is 1. The van der Waals surface area contributed by atoms with E-state index in [1.165, 1.54) is 6.08 Å². The number of hydrogen-bond donors (Lipinski definition) is 1. The molecule has 1 heterocycles. The standard InChI is InChI=1S/C24H33N3O2S2/c1-8-19-15-26(11-12-27(19)22(28)9-2)24(29)20-14-21(17(5)13-16(20)4)31-23(10-3)30-18(6)25-7/h9-10,13-14,19,25H,2,6,8,11-12,15H2,1,3-5,7H3/b23-10+/t19-/m1/s1. The number of rotatable bonds is 8. The van der Waals surface area contributed by atoms with Gasteiger partial charge in [0.15, 0.2) is 0 Å². The average molecular weight is 460 g/mol. The van der Waals surface area contributed by atoms with Crippen molar-refractivity contribution in [3.05, 3.63) is 63.4 Å². The molecule has 0 saturated carbocycles. The van der Waals surface area contributed by atoms with E-state index in [-0.39, 0.29) is 17.9 Å². The Bertz CT molecular complexity index is 895. The van der Waals surface area contributed by atoms with E-state index in [4.69, 9.17) is 0 Å². The number of benzene rings is 1. The first-order chi connectivity index (χ1) is 14.7. The van der Waals surface area contributed by atoms with Crippen LogP contribution in [0.2, 0.25) is 0 Å². The topological polar surface area (TPSA) is 52.7 Å². The van der Waals surface area contributed by atoms with Crippen molar-refractivity contribution in [2.45, 2.75) is 45.1 Å². The molecule has 0 bridgehead atoms. The van der Waals surface area contributed by atoms with Crippen LogP contribution in [0.25, 0.3) is 0 Å². The highest BCUT2D eigenvalue weighted by Crippen LogP contribution is 2.39. The van der Waals surface area contributed by atoms with Crippen molar-refractivity contribution in [2.24, 2.45) is 0 Å². The molecule has 1 fully saturated rings. The third-order valence-electron chi connectivity index (χ3n) is 5.40. The molecule has 1 aromatic rings. The second-order valence-corrected chi connectivity index (χ2v) is 9.95. The van der Waals surface area contributed by atoms with Gasteiger partial charge in [0.1, 0.15) is 0 Å². The third kappa shape index (κ3) is 6.20. The number of nitrogens with zero attached hydrogens (tertiary/aromatic N) is 2. The van der Waals surface area contributed by atoms with E-state index in [1.54, 1.807) is 23.5 Å². The molecule has 0 spiro atoms. The predicted molar refractivity (Wildman–Crippen MR) is 133 cm³/mol. The first-order valence-electron chi connectivity index (χ1n) is 10.5. The summed E-state index contributed by atoms with van der Waals surface area (Å²) in [5.41, 5.74) is 2.83. The summed E-state index contributed by atoms with van der Waals surface area (Å²) in [6.07, 6.45) is 4.21. The van der Waals surface area contributed by atoms with Gasteiger partial charge in [-0.3, -0.25) is 9.59 Å². The van der Waals surface area contributed by atoms with Crippen LogP contribution in [0.1, 0.15) is 41.8 Å². The lowest BCUT2D eigenvalue weighted by Crippen LogP contribution is -2.56. The lowest BCUT2D eigenvalue weighted by molar-refractivity contribution is -0.130. The summed E-state index contributed by atoms with van der Waals surface area (Å²) in [4.78, 5) is 30.3. The Morgan fingerprint density at radius 3 is 2.55 bits per heavy atom. The van der Waals surface area contributed by atoms with Gasteiger partial charge in [0.2, 0.25) is 5.91 Å². The molecule has 0 aromatic heterocycles. The minimum absolute atomic E-state index is 0.0152. The second kappa shape index (κ2) is 11.5. The van der Waals surface area contributed by atoms with Crippen molar-refractivity contribution in [3.8, 4) is 0 Å². The quantitative estimate of drug-likeness (QED) is 0.441. The Hall–Kier alpha value is -2.12. The molecule has 1 aromatic carbocycles. The van der Waals surface area contributed by atoms with Crippen molar-refractivity contribution in [1.29, 1.82) is 0 Å². The Morgan fingerprint density at radius 1 is 1.26 bits per heavy atom. The van der Waals surface area contributed by atoms with Crippen molar-refractivity contribution >= 4 is 35.3 Å². The van der Waals surface area contributed by atoms with E-state index in [0.29, 0.717) is 19.6 Å².